The number of benzene rings is 2. The van der Waals surface area contributed by atoms with Crippen molar-refractivity contribution >= 4 is 27.3 Å². The molecule has 0 bridgehead atoms. The van der Waals surface area contributed by atoms with Gasteiger partial charge in [-0.3, -0.25) is 4.79 Å². The van der Waals surface area contributed by atoms with E-state index in [1.165, 1.54) is 5.56 Å². The monoisotopic (exact) mass is 355 g/mol. The van der Waals surface area contributed by atoms with Gasteiger partial charge in [0, 0.05) is 28.1 Å². The number of fused-ring (bicyclic) bond motifs is 1. The van der Waals surface area contributed by atoms with E-state index in [2.05, 4.69) is 5.32 Å². The lowest BCUT2D eigenvalue weighted by Gasteiger charge is -2.08. The Hall–Kier alpha value is -2.37. The standard InChI is InChI=1S/C20H21NO3S/c1-13-4-6-14(7-5-13)12-21-20(24)16-8-9-18-17(19(16)23)11-15(25-18)3-2-10-22/h4-9,11,22-23H,2-3,10,12H2,1H3,(H,21,24). The number of phenolic OH excluding ortho intramolecular Hbond substituents is 1. The molecule has 3 aromatic rings. The molecule has 1 aromatic heterocycles. The molecule has 3 rings (SSSR count). The molecule has 4 nitrogen and oxygen atoms in total. The second kappa shape index (κ2) is 7.68. The first kappa shape index (κ1) is 17.5. The minimum atomic E-state index is -0.289. The molecule has 5 heteroatoms. The number of rotatable bonds is 6. The summed E-state index contributed by atoms with van der Waals surface area (Å²) in [6.45, 7) is 2.58. The highest BCUT2D eigenvalue weighted by atomic mass is 32.1. The molecule has 0 spiro atoms. The topological polar surface area (TPSA) is 69.6 Å². The molecular weight excluding hydrogens is 334 g/mol. The minimum absolute atomic E-state index is 0.0189. The van der Waals surface area contributed by atoms with Gasteiger partial charge in [0.25, 0.3) is 5.91 Å². The van der Waals surface area contributed by atoms with E-state index in [0.717, 1.165) is 21.6 Å². The Morgan fingerprint density at radius 1 is 1.16 bits per heavy atom. The first-order valence-electron chi connectivity index (χ1n) is 8.27. The van der Waals surface area contributed by atoms with Gasteiger partial charge in [-0.1, -0.05) is 29.8 Å². The molecular formula is C20H21NO3S. The largest absolute Gasteiger partial charge is 0.506 e. The van der Waals surface area contributed by atoms with Crippen LogP contribution in [-0.2, 0) is 13.0 Å². The van der Waals surface area contributed by atoms with Gasteiger partial charge in [-0.2, -0.15) is 0 Å². The van der Waals surface area contributed by atoms with Gasteiger partial charge in [0.15, 0.2) is 0 Å². The normalized spacial score (nSPS) is 11.0. The summed E-state index contributed by atoms with van der Waals surface area (Å²) >= 11 is 1.58. The van der Waals surface area contributed by atoms with E-state index >= 15 is 0 Å². The molecule has 1 heterocycles. The lowest BCUT2D eigenvalue weighted by Crippen LogP contribution is -2.22. The number of hydrogen-bond donors (Lipinski definition) is 3. The Balaban J connectivity index is 1.76. The first-order valence-corrected chi connectivity index (χ1v) is 9.09. The predicted octanol–water partition coefficient (Wildman–Crippen LogP) is 3.77. The van der Waals surface area contributed by atoms with Crippen LogP contribution >= 0.6 is 11.3 Å². The maximum Gasteiger partial charge on any atom is 0.255 e. The van der Waals surface area contributed by atoms with Crippen LogP contribution in [0.5, 0.6) is 5.75 Å². The van der Waals surface area contributed by atoms with Crippen LogP contribution in [0.4, 0.5) is 0 Å². The van der Waals surface area contributed by atoms with E-state index in [4.69, 9.17) is 5.11 Å². The number of aliphatic hydroxyl groups is 1. The highest BCUT2D eigenvalue weighted by molar-refractivity contribution is 7.19. The third-order valence-electron chi connectivity index (χ3n) is 4.12. The van der Waals surface area contributed by atoms with Gasteiger partial charge in [-0.05, 0) is 43.5 Å². The van der Waals surface area contributed by atoms with Crippen molar-refractivity contribution in [1.29, 1.82) is 0 Å². The Labute approximate surface area is 150 Å². The summed E-state index contributed by atoms with van der Waals surface area (Å²) in [5.41, 5.74) is 2.47. The van der Waals surface area contributed by atoms with E-state index < -0.39 is 0 Å². The zero-order chi connectivity index (χ0) is 17.8. The second-order valence-electron chi connectivity index (χ2n) is 6.08. The van der Waals surface area contributed by atoms with Gasteiger partial charge < -0.3 is 15.5 Å². The van der Waals surface area contributed by atoms with Gasteiger partial charge in [0.2, 0.25) is 0 Å². The molecule has 0 atom stereocenters. The van der Waals surface area contributed by atoms with Crippen molar-refractivity contribution in [2.24, 2.45) is 0 Å². The highest BCUT2D eigenvalue weighted by Crippen LogP contribution is 2.35. The summed E-state index contributed by atoms with van der Waals surface area (Å²) in [7, 11) is 0. The Kier molecular flexibility index (Phi) is 5.36. The van der Waals surface area contributed by atoms with Gasteiger partial charge >= 0.3 is 0 Å². The highest BCUT2D eigenvalue weighted by Gasteiger charge is 2.15. The summed E-state index contributed by atoms with van der Waals surface area (Å²) in [6, 6.07) is 13.4. The Bertz CT molecular complexity index is 884. The molecule has 0 aliphatic carbocycles. The summed E-state index contributed by atoms with van der Waals surface area (Å²) in [6.07, 6.45) is 1.46. The SMILES string of the molecule is Cc1ccc(CNC(=O)c2ccc3sc(CCCO)cc3c2O)cc1. The average molecular weight is 355 g/mol. The third kappa shape index (κ3) is 4.00. The van der Waals surface area contributed by atoms with Crippen molar-refractivity contribution in [3.63, 3.8) is 0 Å². The van der Waals surface area contributed by atoms with Crippen molar-refractivity contribution in [1.82, 2.24) is 5.32 Å². The van der Waals surface area contributed by atoms with Gasteiger partial charge in [-0.15, -0.1) is 11.3 Å². The summed E-state index contributed by atoms with van der Waals surface area (Å²) in [4.78, 5) is 13.5. The van der Waals surface area contributed by atoms with Crippen molar-refractivity contribution < 1.29 is 15.0 Å². The number of amides is 1. The van der Waals surface area contributed by atoms with E-state index in [0.29, 0.717) is 18.4 Å². The minimum Gasteiger partial charge on any atom is -0.506 e. The van der Waals surface area contributed by atoms with Crippen molar-refractivity contribution in [2.45, 2.75) is 26.3 Å². The number of aryl methyl sites for hydroxylation is 2. The van der Waals surface area contributed by atoms with E-state index in [1.54, 1.807) is 17.4 Å². The molecule has 25 heavy (non-hydrogen) atoms. The van der Waals surface area contributed by atoms with Gasteiger partial charge in [0.05, 0.1) is 5.56 Å². The van der Waals surface area contributed by atoms with Crippen molar-refractivity contribution in [2.75, 3.05) is 6.61 Å². The van der Waals surface area contributed by atoms with Crippen LogP contribution in [0.3, 0.4) is 0 Å². The number of nitrogens with one attached hydrogen (secondary N) is 1. The number of aliphatic hydroxyl groups excluding tert-OH is 1. The molecule has 130 valence electrons. The maximum atomic E-state index is 12.4. The van der Waals surface area contributed by atoms with Crippen LogP contribution in [0, 0.1) is 6.92 Å². The van der Waals surface area contributed by atoms with E-state index in [9.17, 15) is 9.90 Å². The lowest BCUT2D eigenvalue weighted by atomic mass is 10.1. The number of carbonyl (C=O) groups excluding carboxylic acids is 1. The molecule has 0 saturated carbocycles. The molecule has 0 unspecified atom stereocenters. The molecule has 0 saturated heterocycles. The van der Waals surface area contributed by atoms with Crippen LogP contribution in [0.15, 0.2) is 42.5 Å². The zero-order valence-electron chi connectivity index (χ0n) is 14.1. The molecule has 3 N–H and O–H groups in total. The number of phenols is 1. The molecule has 1 amide bonds. The number of hydrogen-bond acceptors (Lipinski definition) is 4. The Morgan fingerprint density at radius 2 is 1.92 bits per heavy atom. The molecule has 2 aromatic carbocycles. The number of thiophene rings is 1. The average Bonchev–Trinajstić information content (AvgIpc) is 3.03. The summed E-state index contributed by atoms with van der Waals surface area (Å²) < 4.78 is 0.945. The molecule has 0 fully saturated rings. The molecule has 0 aliphatic heterocycles. The second-order valence-corrected chi connectivity index (χ2v) is 7.25. The van der Waals surface area contributed by atoms with Crippen LogP contribution in [0.25, 0.3) is 10.1 Å². The summed E-state index contributed by atoms with van der Waals surface area (Å²) in [5, 5.41) is 23.0. The van der Waals surface area contributed by atoms with Crippen molar-refractivity contribution in [3.05, 3.63) is 64.0 Å². The lowest BCUT2D eigenvalue weighted by molar-refractivity contribution is 0.0948. The smallest absolute Gasteiger partial charge is 0.255 e. The first-order chi connectivity index (χ1) is 12.1. The molecule has 0 aliphatic rings. The quantitative estimate of drug-likeness (QED) is 0.630. The van der Waals surface area contributed by atoms with Gasteiger partial charge in [-0.25, -0.2) is 0 Å². The fraction of sp³-hybridized carbons (Fsp3) is 0.250. The van der Waals surface area contributed by atoms with Crippen LogP contribution < -0.4 is 5.32 Å². The maximum absolute atomic E-state index is 12.4. The zero-order valence-corrected chi connectivity index (χ0v) is 14.9. The number of aromatic hydroxyl groups is 1. The predicted molar refractivity (Wildman–Crippen MR) is 101 cm³/mol. The Morgan fingerprint density at radius 3 is 2.64 bits per heavy atom. The fourth-order valence-electron chi connectivity index (χ4n) is 2.69. The van der Waals surface area contributed by atoms with E-state index in [1.807, 2.05) is 43.3 Å². The van der Waals surface area contributed by atoms with Crippen LogP contribution in [-0.4, -0.2) is 22.7 Å². The summed E-state index contributed by atoms with van der Waals surface area (Å²) in [5.74, 6) is -0.270. The third-order valence-corrected chi connectivity index (χ3v) is 5.28. The van der Waals surface area contributed by atoms with Crippen LogP contribution in [0.2, 0.25) is 0 Å². The van der Waals surface area contributed by atoms with Gasteiger partial charge in [0.1, 0.15) is 5.75 Å². The molecule has 0 radical (unpaired) electrons. The fourth-order valence-corrected chi connectivity index (χ4v) is 3.80. The van der Waals surface area contributed by atoms with Crippen molar-refractivity contribution in [3.8, 4) is 5.75 Å². The van der Waals surface area contributed by atoms with E-state index in [-0.39, 0.29) is 23.8 Å². The number of carbonyl (C=O) groups is 1. The van der Waals surface area contributed by atoms with Crippen LogP contribution in [0.1, 0.15) is 32.8 Å².